The van der Waals surface area contributed by atoms with Gasteiger partial charge in [0, 0.05) is 6.54 Å². The van der Waals surface area contributed by atoms with Crippen LogP contribution in [0.5, 0.6) is 5.75 Å². The van der Waals surface area contributed by atoms with E-state index in [-0.39, 0.29) is 17.5 Å². The standard InChI is InChI=1S/C8H10NO3/c10-8-3-1-7(2-4-8)5-6-9(11)12/h1-4,10-11H,5-6H2/q-1. The molecule has 0 heterocycles. The van der Waals surface area contributed by atoms with Crippen molar-refractivity contribution in [3.8, 4) is 5.75 Å². The number of phenols is 1. The maximum atomic E-state index is 10.1. The highest BCUT2D eigenvalue weighted by Crippen LogP contribution is 2.09. The number of aromatic hydroxyl groups is 1. The molecule has 0 aliphatic rings. The molecule has 0 aliphatic carbocycles. The number of rotatable bonds is 3. The lowest BCUT2D eigenvalue weighted by atomic mass is 10.1. The van der Waals surface area contributed by atoms with Crippen molar-refractivity contribution in [2.75, 3.05) is 6.54 Å². The molecule has 66 valence electrons. The highest BCUT2D eigenvalue weighted by molar-refractivity contribution is 5.25. The highest BCUT2D eigenvalue weighted by Gasteiger charge is 1.92. The molecule has 1 aromatic carbocycles. The Morgan fingerprint density at radius 1 is 1.25 bits per heavy atom. The third kappa shape index (κ3) is 2.87. The van der Waals surface area contributed by atoms with Crippen molar-refractivity contribution in [2.24, 2.45) is 0 Å². The van der Waals surface area contributed by atoms with Crippen LogP contribution in [-0.2, 0) is 6.42 Å². The minimum atomic E-state index is -0.104. The average Bonchev–Trinajstić information content (AvgIpc) is 2.03. The van der Waals surface area contributed by atoms with E-state index in [2.05, 4.69) is 0 Å². The molecule has 0 amide bonds. The molecule has 4 nitrogen and oxygen atoms in total. The number of nitrogens with zero attached hydrogens (tertiary/aromatic N) is 1. The molecule has 0 fully saturated rings. The molecule has 0 radical (unpaired) electrons. The Bertz CT molecular complexity index is 233. The Morgan fingerprint density at radius 3 is 2.33 bits per heavy atom. The van der Waals surface area contributed by atoms with E-state index in [1.807, 2.05) is 0 Å². The molecular weight excluding hydrogens is 158 g/mol. The van der Waals surface area contributed by atoms with E-state index in [0.717, 1.165) is 5.56 Å². The molecule has 0 bridgehead atoms. The summed E-state index contributed by atoms with van der Waals surface area (Å²) < 4.78 is 0. The fourth-order valence-corrected chi connectivity index (χ4v) is 0.887. The zero-order valence-electron chi connectivity index (χ0n) is 6.47. The zero-order chi connectivity index (χ0) is 8.97. The summed E-state index contributed by atoms with van der Waals surface area (Å²) in [5.41, 5.74) is 0.905. The molecule has 4 heteroatoms. The summed E-state index contributed by atoms with van der Waals surface area (Å²) in [7, 11) is 0. The van der Waals surface area contributed by atoms with E-state index in [1.54, 1.807) is 24.3 Å². The first-order valence-corrected chi connectivity index (χ1v) is 3.60. The van der Waals surface area contributed by atoms with Gasteiger partial charge in [0.15, 0.2) is 0 Å². The Hall–Kier alpha value is -1.10. The highest BCUT2D eigenvalue weighted by atomic mass is 16.8. The largest absolute Gasteiger partial charge is 0.762 e. The summed E-state index contributed by atoms with van der Waals surface area (Å²) in [4.78, 5) is 0. The van der Waals surface area contributed by atoms with Crippen molar-refractivity contribution < 1.29 is 10.3 Å². The molecule has 0 saturated carbocycles. The molecule has 12 heavy (non-hydrogen) atoms. The van der Waals surface area contributed by atoms with Crippen molar-refractivity contribution in [3.05, 3.63) is 35.0 Å². The molecule has 1 rings (SSSR count). The number of benzene rings is 1. The Morgan fingerprint density at radius 2 is 1.83 bits per heavy atom. The third-order valence-electron chi connectivity index (χ3n) is 1.53. The summed E-state index contributed by atoms with van der Waals surface area (Å²) in [6.45, 7) is 0.0464. The van der Waals surface area contributed by atoms with Crippen LogP contribution in [0.3, 0.4) is 0 Å². The number of hydrogen-bond donors (Lipinski definition) is 2. The molecule has 0 saturated heterocycles. The van der Waals surface area contributed by atoms with Gasteiger partial charge in [-0.15, -0.1) is 0 Å². The van der Waals surface area contributed by atoms with Crippen LogP contribution in [0.1, 0.15) is 5.56 Å². The fraction of sp³-hybridized carbons (Fsp3) is 0.250. The van der Waals surface area contributed by atoms with Crippen LogP contribution in [0, 0.1) is 5.21 Å². The second-order valence-electron chi connectivity index (χ2n) is 2.49. The van der Waals surface area contributed by atoms with Crippen molar-refractivity contribution in [3.63, 3.8) is 0 Å². The molecule has 1 aromatic rings. The summed E-state index contributed by atoms with van der Waals surface area (Å²) >= 11 is 0. The van der Waals surface area contributed by atoms with Gasteiger partial charge in [-0.2, -0.15) is 0 Å². The smallest absolute Gasteiger partial charge is 0.115 e. The minimum absolute atomic E-state index is 0.0464. The van der Waals surface area contributed by atoms with Gasteiger partial charge in [-0.05, 0) is 24.1 Å². The molecule has 0 aromatic heterocycles. The van der Waals surface area contributed by atoms with E-state index in [9.17, 15) is 5.21 Å². The topological polar surface area (TPSA) is 66.8 Å². The quantitative estimate of drug-likeness (QED) is 0.664. The van der Waals surface area contributed by atoms with Crippen LogP contribution < -0.4 is 0 Å². The van der Waals surface area contributed by atoms with Gasteiger partial charge in [-0.1, -0.05) is 12.1 Å². The molecular formula is C8H10NO3-. The van der Waals surface area contributed by atoms with Crippen LogP contribution in [0.2, 0.25) is 0 Å². The maximum absolute atomic E-state index is 10.1. The van der Waals surface area contributed by atoms with Crippen LogP contribution >= 0.6 is 0 Å². The number of phenolic OH excluding ortho intramolecular Hbond substituents is 1. The van der Waals surface area contributed by atoms with E-state index >= 15 is 0 Å². The van der Waals surface area contributed by atoms with Gasteiger partial charge in [-0.3, -0.25) is 5.23 Å². The molecule has 0 atom stereocenters. The first-order valence-electron chi connectivity index (χ1n) is 3.60. The van der Waals surface area contributed by atoms with E-state index in [1.165, 1.54) is 0 Å². The molecule has 0 aliphatic heterocycles. The second-order valence-corrected chi connectivity index (χ2v) is 2.49. The number of hydroxylamine groups is 2. The van der Waals surface area contributed by atoms with Crippen LogP contribution in [0.15, 0.2) is 24.3 Å². The van der Waals surface area contributed by atoms with Gasteiger partial charge in [-0.25, -0.2) is 0 Å². The lowest BCUT2D eigenvalue weighted by molar-refractivity contribution is -0.0391. The van der Waals surface area contributed by atoms with E-state index in [4.69, 9.17) is 10.3 Å². The summed E-state index contributed by atoms with van der Waals surface area (Å²) in [5.74, 6) is 0.196. The van der Waals surface area contributed by atoms with Crippen LogP contribution in [0.25, 0.3) is 0 Å². The summed E-state index contributed by atoms with van der Waals surface area (Å²) in [6, 6.07) is 6.50. The predicted molar refractivity (Wildman–Crippen MR) is 43.7 cm³/mol. The third-order valence-corrected chi connectivity index (χ3v) is 1.53. The zero-order valence-corrected chi connectivity index (χ0v) is 6.47. The first kappa shape index (κ1) is 8.99. The monoisotopic (exact) mass is 168 g/mol. The minimum Gasteiger partial charge on any atom is -0.762 e. The van der Waals surface area contributed by atoms with Crippen LogP contribution in [0.4, 0.5) is 0 Å². The van der Waals surface area contributed by atoms with Crippen molar-refractivity contribution in [1.29, 1.82) is 0 Å². The predicted octanol–water partition coefficient (Wildman–Crippen LogP) is 1.12. The average molecular weight is 168 g/mol. The van der Waals surface area contributed by atoms with E-state index in [0.29, 0.717) is 6.42 Å². The van der Waals surface area contributed by atoms with Gasteiger partial charge < -0.3 is 15.5 Å². The Labute approximate surface area is 70.2 Å². The van der Waals surface area contributed by atoms with Crippen LogP contribution in [-0.4, -0.2) is 22.1 Å². The lowest BCUT2D eigenvalue weighted by Crippen LogP contribution is -2.13. The maximum Gasteiger partial charge on any atom is 0.115 e. The summed E-state index contributed by atoms with van der Waals surface area (Å²) in [6.07, 6.45) is 0.472. The van der Waals surface area contributed by atoms with Gasteiger partial charge in [0.25, 0.3) is 0 Å². The van der Waals surface area contributed by atoms with E-state index < -0.39 is 0 Å². The molecule has 2 N–H and O–H groups in total. The van der Waals surface area contributed by atoms with Crippen molar-refractivity contribution in [1.82, 2.24) is 5.23 Å². The lowest BCUT2D eigenvalue weighted by Gasteiger charge is -2.18. The summed E-state index contributed by atoms with van der Waals surface area (Å²) in [5, 5.41) is 27.2. The molecule has 0 unspecified atom stereocenters. The first-order chi connectivity index (χ1) is 5.68. The van der Waals surface area contributed by atoms with Gasteiger partial charge >= 0.3 is 0 Å². The fourth-order valence-electron chi connectivity index (χ4n) is 0.887. The molecule has 0 spiro atoms. The van der Waals surface area contributed by atoms with Crippen molar-refractivity contribution >= 4 is 0 Å². The number of hydrogen-bond acceptors (Lipinski definition) is 4. The SMILES string of the molecule is [O-]N(O)CCc1ccc(O)cc1. The second kappa shape index (κ2) is 4.06. The van der Waals surface area contributed by atoms with Gasteiger partial charge in [0.2, 0.25) is 0 Å². The van der Waals surface area contributed by atoms with Crippen molar-refractivity contribution in [2.45, 2.75) is 6.42 Å². The van der Waals surface area contributed by atoms with Gasteiger partial charge in [0.1, 0.15) is 5.75 Å². The Balaban J connectivity index is 2.48. The normalized spacial score (nSPS) is 10.6. The Kier molecular flexibility index (Phi) is 3.04. The van der Waals surface area contributed by atoms with Gasteiger partial charge in [0.05, 0.1) is 0 Å².